The molecule has 1 N–H and O–H groups in total. The highest BCUT2D eigenvalue weighted by Crippen LogP contribution is 2.39. The zero-order chi connectivity index (χ0) is 23.3. The normalized spacial score (nSPS) is 25.2. The summed E-state index contributed by atoms with van der Waals surface area (Å²) in [5.74, 6) is 0.598. The van der Waals surface area contributed by atoms with Crippen LogP contribution in [-0.4, -0.2) is 35.1 Å². The van der Waals surface area contributed by atoms with Gasteiger partial charge >= 0.3 is 0 Å². The molecule has 2 aliphatic rings. The lowest BCUT2D eigenvalue weighted by atomic mass is 9.84. The Hall–Kier alpha value is -2.51. The van der Waals surface area contributed by atoms with Crippen molar-refractivity contribution in [2.24, 2.45) is 5.92 Å². The maximum Gasteiger partial charge on any atom is 0.275 e. The maximum absolute atomic E-state index is 13.9. The van der Waals surface area contributed by atoms with Gasteiger partial charge in [-0.05, 0) is 61.4 Å². The molecule has 3 heterocycles. The summed E-state index contributed by atoms with van der Waals surface area (Å²) in [7, 11) is 1.55. The highest BCUT2D eigenvalue weighted by Gasteiger charge is 2.49. The number of methoxy groups -OCH3 is 1. The van der Waals surface area contributed by atoms with E-state index in [1.807, 2.05) is 29.0 Å². The van der Waals surface area contributed by atoms with Crippen LogP contribution in [0.25, 0.3) is 10.2 Å². The molecule has 5 rings (SSSR count). The van der Waals surface area contributed by atoms with Gasteiger partial charge in [-0.25, -0.2) is 0 Å². The van der Waals surface area contributed by atoms with E-state index in [9.17, 15) is 9.59 Å². The summed E-state index contributed by atoms with van der Waals surface area (Å²) in [4.78, 5) is 29.4. The summed E-state index contributed by atoms with van der Waals surface area (Å²) in [6.45, 7) is 4.41. The van der Waals surface area contributed by atoms with Gasteiger partial charge in [0.15, 0.2) is 0 Å². The molecule has 174 valence electrons. The number of aromatic nitrogens is 1. The number of amides is 2. The summed E-state index contributed by atoms with van der Waals surface area (Å²) >= 11 is 8.02. The average molecular weight is 486 g/mol. The molecule has 8 heteroatoms. The van der Waals surface area contributed by atoms with E-state index in [0.29, 0.717) is 34.6 Å². The Bertz CT molecular complexity index is 1230. The van der Waals surface area contributed by atoms with Gasteiger partial charge in [0.2, 0.25) is 5.91 Å². The SMILES string of the molecule is COc1ccc(N2C(=O)c3cc4sccc4n3C[C@]2(C)C(=O)N[C@@H]2CCCC[C@H]2C)cc1Cl. The molecule has 3 aromatic rings. The second kappa shape index (κ2) is 8.37. The van der Waals surface area contributed by atoms with Crippen LogP contribution in [0.5, 0.6) is 5.75 Å². The first-order valence-corrected chi connectivity index (χ1v) is 12.6. The minimum Gasteiger partial charge on any atom is -0.495 e. The van der Waals surface area contributed by atoms with Crippen molar-refractivity contribution in [1.29, 1.82) is 0 Å². The smallest absolute Gasteiger partial charge is 0.275 e. The number of halogens is 1. The molecular formula is C25H28ClN3O3S. The van der Waals surface area contributed by atoms with Gasteiger partial charge in [-0.15, -0.1) is 11.3 Å². The van der Waals surface area contributed by atoms with Crippen LogP contribution in [0.4, 0.5) is 5.69 Å². The van der Waals surface area contributed by atoms with Crippen molar-refractivity contribution in [3.63, 3.8) is 0 Å². The number of fused-ring (bicyclic) bond motifs is 3. The van der Waals surface area contributed by atoms with Gasteiger partial charge in [0.05, 0.1) is 28.9 Å². The number of nitrogens with zero attached hydrogens (tertiary/aromatic N) is 2. The van der Waals surface area contributed by atoms with Gasteiger partial charge in [0.25, 0.3) is 5.91 Å². The second-order valence-corrected chi connectivity index (χ2v) is 10.7. The molecule has 0 radical (unpaired) electrons. The summed E-state index contributed by atoms with van der Waals surface area (Å²) < 4.78 is 8.32. The van der Waals surface area contributed by atoms with Crippen LogP contribution in [0.15, 0.2) is 35.7 Å². The zero-order valence-electron chi connectivity index (χ0n) is 19.1. The Balaban J connectivity index is 1.60. The fourth-order valence-electron chi connectivity index (χ4n) is 5.27. The number of carbonyl (C=O) groups is 2. The number of carbonyl (C=O) groups excluding carboxylic acids is 2. The number of rotatable bonds is 4. The van der Waals surface area contributed by atoms with Crippen molar-refractivity contribution in [2.75, 3.05) is 12.0 Å². The highest BCUT2D eigenvalue weighted by molar-refractivity contribution is 7.17. The minimum atomic E-state index is -1.12. The molecule has 0 unspecified atom stereocenters. The van der Waals surface area contributed by atoms with Crippen molar-refractivity contribution in [1.82, 2.24) is 9.88 Å². The summed E-state index contributed by atoms with van der Waals surface area (Å²) in [6, 6.07) is 9.27. The third-order valence-corrected chi connectivity index (χ3v) is 8.36. The van der Waals surface area contributed by atoms with Gasteiger partial charge in [-0.2, -0.15) is 0 Å². The first kappa shape index (κ1) is 22.3. The molecule has 2 aromatic heterocycles. The van der Waals surface area contributed by atoms with Crippen molar-refractivity contribution < 1.29 is 14.3 Å². The number of thiophene rings is 1. The fraction of sp³-hybridized carbons (Fsp3) is 0.440. The van der Waals surface area contributed by atoms with E-state index in [2.05, 4.69) is 12.2 Å². The lowest BCUT2D eigenvalue weighted by Crippen LogP contribution is -2.65. The van der Waals surface area contributed by atoms with E-state index >= 15 is 0 Å². The standard InChI is InChI=1S/C25H28ClN3O3S/c1-15-6-4-5-7-18(15)27-24(31)25(2)14-28-19-10-11-33-22(19)13-20(28)23(30)29(25)16-8-9-21(32-3)17(26)12-16/h8-13,15,18H,4-7,14H2,1-3H3,(H,27,31)/t15-,18-,25-/m1/s1. The largest absolute Gasteiger partial charge is 0.495 e. The van der Waals surface area contributed by atoms with Crippen molar-refractivity contribution >= 4 is 50.7 Å². The number of benzene rings is 1. The molecule has 1 aliphatic heterocycles. The lowest BCUT2D eigenvalue weighted by molar-refractivity contribution is -0.127. The first-order valence-electron chi connectivity index (χ1n) is 11.4. The topological polar surface area (TPSA) is 63.6 Å². The quantitative estimate of drug-likeness (QED) is 0.532. The molecular weight excluding hydrogens is 458 g/mol. The van der Waals surface area contributed by atoms with Crippen LogP contribution in [0.3, 0.4) is 0 Å². The summed E-state index contributed by atoms with van der Waals surface area (Å²) in [5.41, 5.74) is 1.03. The Morgan fingerprint density at radius 1 is 1.24 bits per heavy atom. The molecule has 0 bridgehead atoms. The van der Waals surface area contributed by atoms with Crippen molar-refractivity contribution in [3.05, 3.63) is 46.4 Å². The number of anilines is 1. The van der Waals surface area contributed by atoms with E-state index in [1.165, 1.54) is 6.42 Å². The molecule has 33 heavy (non-hydrogen) atoms. The summed E-state index contributed by atoms with van der Waals surface area (Å²) in [6.07, 6.45) is 4.38. The fourth-order valence-corrected chi connectivity index (χ4v) is 6.34. The molecule has 1 aromatic carbocycles. The van der Waals surface area contributed by atoms with Crippen LogP contribution in [0.2, 0.25) is 5.02 Å². The summed E-state index contributed by atoms with van der Waals surface area (Å²) in [5, 5.41) is 5.71. The molecule has 0 saturated heterocycles. The van der Waals surface area contributed by atoms with Crippen LogP contribution in [-0.2, 0) is 11.3 Å². The van der Waals surface area contributed by atoms with Gasteiger partial charge in [0, 0.05) is 11.7 Å². The lowest BCUT2D eigenvalue weighted by Gasteiger charge is -2.45. The van der Waals surface area contributed by atoms with E-state index in [-0.39, 0.29) is 17.9 Å². The van der Waals surface area contributed by atoms with Crippen LogP contribution in [0, 0.1) is 5.92 Å². The van der Waals surface area contributed by atoms with Gasteiger partial charge in [0.1, 0.15) is 17.0 Å². The second-order valence-electron chi connectivity index (χ2n) is 9.36. The minimum absolute atomic E-state index is 0.117. The Kier molecular flexibility index (Phi) is 5.65. The van der Waals surface area contributed by atoms with Gasteiger partial charge in [-0.3, -0.25) is 14.5 Å². The van der Waals surface area contributed by atoms with Crippen molar-refractivity contribution in [2.45, 2.75) is 57.7 Å². The van der Waals surface area contributed by atoms with Crippen LogP contribution in [0.1, 0.15) is 50.0 Å². The molecule has 0 spiro atoms. The molecule has 1 fully saturated rings. The van der Waals surface area contributed by atoms with E-state index in [0.717, 1.165) is 29.5 Å². The van der Waals surface area contributed by atoms with Crippen LogP contribution >= 0.6 is 22.9 Å². The van der Waals surface area contributed by atoms with E-state index < -0.39 is 5.54 Å². The van der Waals surface area contributed by atoms with Gasteiger partial charge in [-0.1, -0.05) is 31.4 Å². The van der Waals surface area contributed by atoms with E-state index in [4.69, 9.17) is 16.3 Å². The number of ether oxygens (including phenoxy) is 1. The number of hydrogen-bond acceptors (Lipinski definition) is 4. The monoisotopic (exact) mass is 485 g/mol. The molecule has 1 aliphatic carbocycles. The third-order valence-electron chi connectivity index (χ3n) is 7.22. The zero-order valence-corrected chi connectivity index (χ0v) is 20.6. The maximum atomic E-state index is 13.9. The highest BCUT2D eigenvalue weighted by atomic mass is 35.5. The van der Waals surface area contributed by atoms with Gasteiger partial charge < -0.3 is 14.6 Å². The molecule has 6 nitrogen and oxygen atoms in total. The average Bonchev–Trinajstić information content (AvgIpc) is 3.38. The van der Waals surface area contributed by atoms with E-state index in [1.54, 1.807) is 41.5 Å². The van der Waals surface area contributed by atoms with Crippen LogP contribution < -0.4 is 15.0 Å². The Morgan fingerprint density at radius 3 is 2.76 bits per heavy atom. The molecule has 1 saturated carbocycles. The predicted molar refractivity (Wildman–Crippen MR) is 133 cm³/mol. The first-order chi connectivity index (χ1) is 15.8. The number of hydrogen-bond donors (Lipinski definition) is 1. The molecule has 3 atom stereocenters. The molecule has 2 amide bonds. The van der Waals surface area contributed by atoms with Crippen molar-refractivity contribution in [3.8, 4) is 5.75 Å². The Morgan fingerprint density at radius 2 is 2.03 bits per heavy atom. The number of nitrogens with one attached hydrogen (secondary N) is 1. The predicted octanol–water partition coefficient (Wildman–Crippen LogP) is 5.48. The third kappa shape index (κ3) is 3.62. The Labute approximate surface area is 202 Å².